The average molecular weight is 450 g/mol. The van der Waals surface area contributed by atoms with Crippen LogP contribution in [0.5, 0.6) is 11.5 Å². The smallest absolute Gasteiger partial charge is 0.300 e. The van der Waals surface area contributed by atoms with Crippen molar-refractivity contribution in [3.8, 4) is 11.5 Å². The number of ketones is 1. The van der Waals surface area contributed by atoms with Crippen LogP contribution in [0.2, 0.25) is 5.02 Å². The molecule has 1 heterocycles. The zero-order chi connectivity index (χ0) is 22.8. The van der Waals surface area contributed by atoms with Crippen LogP contribution in [-0.2, 0) is 9.59 Å². The van der Waals surface area contributed by atoms with Gasteiger partial charge in [-0.25, -0.2) is 0 Å². The van der Waals surface area contributed by atoms with Crippen molar-refractivity contribution in [1.29, 1.82) is 0 Å². The van der Waals surface area contributed by atoms with Crippen LogP contribution < -0.4 is 14.4 Å². The molecule has 6 nitrogen and oxygen atoms in total. The first-order chi connectivity index (χ1) is 15.5. The summed E-state index contributed by atoms with van der Waals surface area (Å²) < 4.78 is 10.4. The fourth-order valence-electron chi connectivity index (χ4n) is 3.75. The highest BCUT2D eigenvalue weighted by Gasteiger charge is 2.47. The largest absolute Gasteiger partial charge is 0.507 e. The molecule has 7 heteroatoms. The zero-order valence-corrected chi connectivity index (χ0v) is 18.2. The Hall–Kier alpha value is -3.77. The highest BCUT2D eigenvalue weighted by atomic mass is 35.5. The van der Waals surface area contributed by atoms with Crippen molar-refractivity contribution in [2.24, 2.45) is 0 Å². The van der Waals surface area contributed by atoms with Crippen molar-refractivity contribution in [3.63, 3.8) is 0 Å². The number of ether oxygens (including phenoxy) is 2. The lowest BCUT2D eigenvalue weighted by molar-refractivity contribution is -0.132. The van der Waals surface area contributed by atoms with Gasteiger partial charge in [0.25, 0.3) is 11.7 Å². The minimum Gasteiger partial charge on any atom is -0.507 e. The van der Waals surface area contributed by atoms with Crippen LogP contribution in [0.4, 0.5) is 5.69 Å². The molecule has 0 aliphatic carbocycles. The quantitative estimate of drug-likeness (QED) is 0.337. The number of nitrogens with zero attached hydrogens (tertiary/aromatic N) is 1. The normalized spacial score (nSPS) is 17.5. The number of carbonyl (C=O) groups excluding carboxylic acids is 2. The topological polar surface area (TPSA) is 76.1 Å². The van der Waals surface area contributed by atoms with Gasteiger partial charge in [-0.3, -0.25) is 14.5 Å². The Morgan fingerprint density at radius 3 is 2.16 bits per heavy atom. The Morgan fingerprint density at radius 1 is 0.906 bits per heavy atom. The molecule has 1 fully saturated rings. The number of hydrogen-bond acceptors (Lipinski definition) is 5. The summed E-state index contributed by atoms with van der Waals surface area (Å²) in [5.74, 6) is -0.839. The maximum absolute atomic E-state index is 13.2. The maximum Gasteiger partial charge on any atom is 0.300 e. The highest BCUT2D eigenvalue weighted by molar-refractivity contribution is 6.52. The zero-order valence-electron chi connectivity index (χ0n) is 17.4. The standard InChI is InChI=1S/C25H20ClNO5/c1-31-17-10-8-16(9-11-17)27-22(15-6-4-3-5-7-15)21(24(29)25(27)30)23(28)19-14-18(32-2)12-13-20(19)26/h3-14,22,28H,1-2H3/b23-21+. The van der Waals surface area contributed by atoms with Crippen molar-refractivity contribution >= 4 is 34.7 Å². The SMILES string of the molecule is COc1ccc(N2C(=O)C(=O)/C(=C(/O)c3cc(OC)ccc3Cl)C2c2ccccc2)cc1. The number of carbonyl (C=O) groups is 2. The van der Waals surface area contributed by atoms with Crippen molar-refractivity contribution in [2.75, 3.05) is 19.1 Å². The summed E-state index contributed by atoms with van der Waals surface area (Å²) in [4.78, 5) is 27.7. The first kappa shape index (κ1) is 21.5. The second-order valence-electron chi connectivity index (χ2n) is 7.12. The van der Waals surface area contributed by atoms with Crippen molar-refractivity contribution in [2.45, 2.75) is 6.04 Å². The van der Waals surface area contributed by atoms with Gasteiger partial charge in [-0.2, -0.15) is 0 Å². The third-order valence-corrected chi connectivity index (χ3v) is 5.67. The minimum atomic E-state index is -0.841. The van der Waals surface area contributed by atoms with Gasteiger partial charge in [0.05, 0.1) is 30.9 Å². The monoisotopic (exact) mass is 449 g/mol. The van der Waals surface area contributed by atoms with Gasteiger partial charge in [-0.1, -0.05) is 41.9 Å². The van der Waals surface area contributed by atoms with E-state index in [1.165, 1.54) is 18.1 Å². The van der Waals surface area contributed by atoms with E-state index in [-0.39, 0.29) is 21.9 Å². The van der Waals surface area contributed by atoms with E-state index in [4.69, 9.17) is 21.1 Å². The second-order valence-corrected chi connectivity index (χ2v) is 7.53. The Morgan fingerprint density at radius 2 is 1.53 bits per heavy atom. The third-order valence-electron chi connectivity index (χ3n) is 5.34. The second kappa shape index (κ2) is 8.77. The van der Waals surface area contributed by atoms with Crippen LogP contribution in [0, 0.1) is 0 Å². The molecule has 1 saturated heterocycles. The van der Waals surface area contributed by atoms with E-state index in [1.54, 1.807) is 55.6 Å². The Bertz CT molecular complexity index is 1200. The van der Waals surface area contributed by atoms with Gasteiger partial charge in [-0.15, -0.1) is 0 Å². The molecule has 0 aromatic heterocycles. The molecule has 1 aliphatic rings. The summed E-state index contributed by atoms with van der Waals surface area (Å²) in [6, 6.07) is 19.7. The summed E-state index contributed by atoms with van der Waals surface area (Å²) in [6.07, 6.45) is 0. The van der Waals surface area contributed by atoms with Crippen LogP contribution in [0.25, 0.3) is 5.76 Å². The molecule has 162 valence electrons. The van der Waals surface area contributed by atoms with Gasteiger partial charge in [-0.05, 0) is 48.0 Å². The average Bonchev–Trinajstić information content (AvgIpc) is 3.10. The number of amides is 1. The van der Waals surface area contributed by atoms with Crippen LogP contribution in [0.3, 0.4) is 0 Å². The number of aliphatic hydroxyl groups excluding tert-OH is 1. The van der Waals surface area contributed by atoms with Crippen LogP contribution in [0.1, 0.15) is 17.2 Å². The van der Waals surface area contributed by atoms with Gasteiger partial charge in [0.1, 0.15) is 17.3 Å². The van der Waals surface area contributed by atoms with E-state index in [9.17, 15) is 14.7 Å². The highest BCUT2D eigenvalue weighted by Crippen LogP contribution is 2.43. The molecule has 1 aliphatic heterocycles. The van der Waals surface area contributed by atoms with Crippen LogP contribution in [0.15, 0.2) is 78.4 Å². The Labute approximate surface area is 190 Å². The lowest BCUT2D eigenvalue weighted by atomic mass is 9.95. The number of anilines is 1. The van der Waals surface area contributed by atoms with Crippen LogP contribution in [-0.4, -0.2) is 31.0 Å². The molecule has 4 rings (SSSR count). The van der Waals surface area contributed by atoms with E-state index in [1.807, 2.05) is 18.2 Å². The molecule has 1 amide bonds. The predicted octanol–water partition coefficient (Wildman–Crippen LogP) is 4.98. The number of benzene rings is 3. The van der Waals surface area contributed by atoms with E-state index >= 15 is 0 Å². The molecule has 3 aromatic carbocycles. The van der Waals surface area contributed by atoms with Crippen molar-refractivity contribution < 1.29 is 24.2 Å². The van der Waals surface area contributed by atoms with E-state index in [0.29, 0.717) is 22.7 Å². The molecule has 32 heavy (non-hydrogen) atoms. The number of rotatable bonds is 5. The number of methoxy groups -OCH3 is 2. The van der Waals surface area contributed by atoms with Gasteiger partial charge in [0, 0.05) is 11.3 Å². The summed E-state index contributed by atoms with van der Waals surface area (Å²) >= 11 is 6.32. The van der Waals surface area contributed by atoms with E-state index in [2.05, 4.69) is 0 Å². The fourth-order valence-corrected chi connectivity index (χ4v) is 3.96. The number of aliphatic hydroxyl groups is 1. The van der Waals surface area contributed by atoms with Gasteiger partial charge in [0.15, 0.2) is 0 Å². The van der Waals surface area contributed by atoms with E-state index < -0.39 is 17.7 Å². The molecule has 0 radical (unpaired) electrons. The minimum absolute atomic E-state index is 0.0489. The summed E-state index contributed by atoms with van der Waals surface area (Å²) in [5.41, 5.74) is 1.33. The number of Topliss-reactive ketones (excluding diaryl/α,β-unsaturated/α-hetero) is 1. The van der Waals surface area contributed by atoms with Crippen LogP contribution >= 0.6 is 11.6 Å². The summed E-state index contributed by atoms with van der Waals surface area (Å²) in [7, 11) is 3.03. The third kappa shape index (κ3) is 3.69. The molecule has 1 unspecified atom stereocenters. The Balaban J connectivity index is 1.94. The van der Waals surface area contributed by atoms with Crippen molar-refractivity contribution in [1.82, 2.24) is 0 Å². The predicted molar refractivity (Wildman–Crippen MR) is 122 cm³/mol. The lowest BCUT2D eigenvalue weighted by Crippen LogP contribution is -2.29. The van der Waals surface area contributed by atoms with Gasteiger partial charge in [0.2, 0.25) is 0 Å². The van der Waals surface area contributed by atoms with Gasteiger partial charge >= 0.3 is 0 Å². The molecule has 0 saturated carbocycles. The summed E-state index contributed by atoms with van der Waals surface area (Å²) in [6.45, 7) is 0. The number of halogens is 1. The summed E-state index contributed by atoms with van der Waals surface area (Å²) in [5, 5.41) is 11.4. The molecule has 0 bridgehead atoms. The number of hydrogen-bond donors (Lipinski definition) is 1. The first-order valence-electron chi connectivity index (χ1n) is 9.80. The van der Waals surface area contributed by atoms with Gasteiger partial charge < -0.3 is 14.6 Å². The maximum atomic E-state index is 13.2. The van der Waals surface area contributed by atoms with Crippen molar-refractivity contribution in [3.05, 3.63) is 94.5 Å². The molecule has 0 spiro atoms. The molecule has 3 aromatic rings. The lowest BCUT2D eigenvalue weighted by Gasteiger charge is -2.25. The molecule has 1 N–H and O–H groups in total. The first-order valence-corrected chi connectivity index (χ1v) is 10.2. The fraction of sp³-hybridized carbons (Fsp3) is 0.120. The van der Waals surface area contributed by atoms with E-state index in [0.717, 1.165) is 0 Å². The molecular weight excluding hydrogens is 430 g/mol. The Kier molecular flexibility index (Phi) is 5.88. The molecular formula is C25H20ClNO5. The molecule has 1 atom stereocenters.